The molecule has 0 spiro atoms. The summed E-state index contributed by atoms with van der Waals surface area (Å²) in [4.78, 5) is 23.7. The van der Waals surface area contributed by atoms with E-state index in [-0.39, 0.29) is 11.8 Å². The maximum absolute atomic E-state index is 12.2. The Labute approximate surface area is 114 Å². The highest BCUT2D eigenvalue weighted by Gasteiger charge is 2.23. The zero-order valence-electron chi connectivity index (χ0n) is 11.7. The lowest BCUT2D eigenvalue weighted by Crippen LogP contribution is -2.41. The lowest BCUT2D eigenvalue weighted by molar-refractivity contribution is -0.147. The van der Waals surface area contributed by atoms with Crippen molar-refractivity contribution in [2.75, 3.05) is 6.61 Å². The van der Waals surface area contributed by atoms with Crippen LogP contribution in [0.25, 0.3) is 0 Å². The minimum atomic E-state index is -0.620. The van der Waals surface area contributed by atoms with Gasteiger partial charge in [-0.05, 0) is 25.8 Å². The smallest absolute Gasteiger partial charge is 0.328 e. The Balaban J connectivity index is 2.68. The van der Waals surface area contributed by atoms with Gasteiger partial charge in [-0.1, -0.05) is 37.3 Å². The van der Waals surface area contributed by atoms with Gasteiger partial charge in [0.05, 0.1) is 12.5 Å². The second-order valence-electron chi connectivity index (χ2n) is 4.35. The van der Waals surface area contributed by atoms with E-state index in [9.17, 15) is 9.59 Å². The first kappa shape index (κ1) is 15.2. The second-order valence-corrected chi connectivity index (χ2v) is 4.35. The van der Waals surface area contributed by atoms with Gasteiger partial charge in [-0.3, -0.25) is 4.79 Å². The Kier molecular flexibility index (Phi) is 6.06. The molecule has 0 bridgehead atoms. The molecule has 104 valence electrons. The van der Waals surface area contributed by atoms with Crippen molar-refractivity contribution in [3.05, 3.63) is 35.9 Å². The molecular formula is C15H21NO3. The molecular weight excluding hydrogens is 242 g/mol. The summed E-state index contributed by atoms with van der Waals surface area (Å²) < 4.78 is 4.87. The molecule has 0 aliphatic heterocycles. The maximum atomic E-state index is 12.2. The van der Waals surface area contributed by atoms with Gasteiger partial charge in [0.25, 0.3) is 0 Å². The summed E-state index contributed by atoms with van der Waals surface area (Å²) >= 11 is 0. The van der Waals surface area contributed by atoms with E-state index in [1.54, 1.807) is 13.8 Å². The number of carbonyl (C=O) groups excluding carboxylic acids is 2. The summed E-state index contributed by atoms with van der Waals surface area (Å²) in [6, 6.07) is 8.94. The van der Waals surface area contributed by atoms with Crippen LogP contribution >= 0.6 is 0 Å². The van der Waals surface area contributed by atoms with Crippen molar-refractivity contribution in [2.24, 2.45) is 0 Å². The Morgan fingerprint density at radius 2 is 1.84 bits per heavy atom. The predicted octanol–water partition coefficient (Wildman–Crippen LogP) is 2.25. The first-order chi connectivity index (χ1) is 9.10. The second kappa shape index (κ2) is 7.56. The van der Waals surface area contributed by atoms with Crippen LogP contribution in [0.2, 0.25) is 0 Å². The van der Waals surface area contributed by atoms with Gasteiger partial charge in [-0.25, -0.2) is 4.79 Å². The van der Waals surface area contributed by atoms with Crippen LogP contribution in [0.5, 0.6) is 0 Å². The standard InChI is InChI=1S/C15H21NO3/c1-4-13(12-9-7-6-8-10-12)14(17)16-11(3)15(18)19-5-2/h6-11,13H,4-5H2,1-3H3,(H,16,17). The molecule has 19 heavy (non-hydrogen) atoms. The molecule has 1 aromatic rings. The number of nitrogens with one attached hydrogen (secondary N) is 1. The number of carbonyl (C=O) groups is 2. The average Bonchev–Trinajstić information content (AvgIpc) is 2.41. The van der Waals surface area contributed by atoms with Crippen LogP contribution in [0.1, 0.15) is 38.7 Å². The quantitative estimate of drug-likeness (QED) is 0.801. The third-order valence-corrected chi connectivity index (χ3v) is 2.93. The summed E-state index contributed by atoms with van der Waals surface area (Å²) in [7, 11) is 0. The Morgan fingerprint density at radius 3 is 2.37 bits per heavy atom. The summed E-state index contributed by atoms with van der Waals surface area (Å²) in [6.07, 6.45) is 0.686. The minimum absolute atomic E-state index is 0.144. The van der Waals surface area contributed by atoms with Crippen LogP contribution in [0, 0.1) is 0 Å². The lowest BCUT2D eigenvalue weighted by atomic mass is 9.95. The van der Waals surface area contributed by atoms with Gasteiger partial charge in [0.1, 0.15) is 6.04 Å². The summed E-state index contributed by atoms with van der Waals surface area (Å²) in [5.74, 6) is -0.786. The van der Waals surface area contributed by atoms with E-state index in [1.165, 1.54) is 0 Å². The molecule has 0 radical (unpaired) electrons. The lowest BCUT2D eigenvalue weighted by Gasteiger charge is -2.18. The molecule has 0 aliphatic carbocycles. The van der Waals surface area contributed by atoms with Crippen LogP contribution in [-0.4, -0.2) is 24.5 Å². The molecule has 2 atom stereocenters. The highest BCUT2D eigenvalue weighted by molar-refractivity contribution is 5.88. The first-order valence-corrected chi connectivity index (χ1v) is 6.62. The van der Waals surface area contributed by atoms with Gasteiger partial charge < -0.3 is 10.1 Å². The average molecular weight is 263 g/mol. The molecule has 4 nitrogen and oxygen atoms in total. The van der Waals surface area contributed by atoms with Gasteiger partial charge in [-0.2, -0.15) is 0 Å². The fraction of sp³-hybridized carbons (Fsp3) is 0.467. The predicted molar refractivity (Wildman–Crippen MR) is 73.7 cm³/mol. The highest BCUT2D eigenvalue weighted by Crippen LogP contribution is 2.19. The molecule has 0 fully saturated rings. The molecule has 0 heterocycles. The van der Waals surface area contributed by atoms with E-state index >= 15 is 0 Å². The molecule has 0 saturated heterocycles. The van der Waals surface area contributed by atoms with Crippen LogP contribution in [-0.2, 0) is 14.3 Å². The van der Waals surface area contributed by atoms with Crippen molar-refractivity contribution in [3.63, 3.8) is 0 Å². The number of ether oxygens (including phenoxy) is 1. The molecule has 2 unspecified atom stereocenters. The van der Waals surface area contributed by atoms with Crippen molar-refractivity contribution in [1.29, 1.82) is 0 Å². The maximum Gasteiger partial charge on any atom is 0.328 e. The van der Waals surface area contributed by atoms with E-state index in [1.807, 2.05) is 37.3 Å². The molecule has 4 heteroatoms. The molecule has 0 aliphatic rings. The highest BCUT2D eigenvalue weighted by atomic mass is 16.5. The summed E-state index contributed by atoms with van der Waals surface area (Å²) in [5, 5.41) is 2.70. The van der Waals surface area contributed by atoms with Gasteiger partial charge in [0.2, 0.25) is 5.91 Å². The Bertz CT molecular complexity index is 417. The number of hydrogen-bond donors (Lipinski definition) is 1. The molecule has 1 amide bonds. The van der Waals surface area contributed by atoms with Crippen molar-refractivity contribution in [1.82, 2.24) is 5.32 Å². The molecule has 1 aromatic carbocycles. The van der Waals surface area contributed by atoms with Crippen LogP contribution in [0.15, 0.2) is 30.3 Å². The topological polar surface area (TPSA) is 55.4 Å². The van der Waals surface area contributed by atoms with E-state index < -0.39 is 12.0 Å². The minimum Gasteiger partial charge on any atom is -0.464 e. The van der Waals surface area contributed by atoms with E-state index in [4.69, 9.17) is 4.74 Å². The number of benzene rings is 1. The van der Waals surface area contributed by atoms with Gasteiger partial charge in [0.15, 0.2) is 0 Å². The zero-order chi connectivity index (χ0) is 14.3. The number of rotatable bonds is 6. The van der Waals surface area contributed by atoms with E-state index in [0.717, 1.165) is 5.56 Å². The number of amides is 1. The fourth-order valence-corrected chi connectivity index (χ4v) is 1.90. The summed E-state index contributed by atoms with van der Waals surface area (Å²) in [6.45, 7) is 5.64. The third kappa shape index (κ3) is 4.39. The molecule has 1 rings (SSSR count). The SMILES string of the molecule is CCOC(=O)C(C)NC(=O)C(CC)c1ccccc1. The van der Waals surface area contributed by atoms with Crippen molar-refractivity contribution < 1.29 is 14.3 Å². The van der Waals surface area contributed by atoms with E-state index in [2.05, 4.69) is 5.32 Å². The van der Waals surface area contributed by atoms with Crippen LogP contribution < -0.4 is 5.32 Å². The van der Waals surface area contributed by atoms with Gasteiger partial charge >= 0.3 is 5.97 Å². The largest absolute Gasteiger partial charge is 0.464 e. The monoisotopic (exact) mass is 263 g/mol. The van der Waals surface area contributed by atoms with Gasteiger partial charge in [-0.15, -0.1) is 0 Å². The summed E-state index contributed by atoms with van der Waals surface area (Å²) in [5.41, 5.74) is 0.957. The Morgan fingerprint density at radius 1 is 1.21 bits per heavy atom. The van der Waals surface area contributed by atoms with Crippen molar-refractivity contribution in [2.45, 2.75) is 39.2 Å². The fourth-order valence-electron chi connectivity index (χ4n) is 1.90. The first-order valence-electron chi connectivity index (χ1n) is 6.62. The molecule has 1 N–H and O–H groups in total. The van der Waals surface area contributed by atoms with Crippen LogP contribution in [0.4, 0.5) is 0 Å². The van der Waals surface area contributed by atoms with Crippen molar-refractivity contribution in [3.8, 4) is 0 Å². The van der Waals surface area contributed by atoms with Crippen molar-refractivity contribution >= 4 is 11.9 Å². The Hall–Kier alpha value is -1.84. The molecule has 0 aromatic heterocycles. The number of esters is 1. The van der Waals surface area contributed by atoms with Crippen LogP contribution in [0.3, 0.4) is 0 Å². The number of hydrogen-bond acceptors (Lipinski definition) is 3. The van der Waals surface area contributed by atoms with Gasteiger partial charge in [0, 0.05) is 0 Å². The van der Waals surface area contributed by atoms with E-state index in [0.29, 0.717) is 13.0 Å². The normalized spacial score (nSPS) is 13.4. The third-order valence-electron chi connectivity index (χ3n) is 2.93. The molecule has 0 saturated carbocycles. The zero-order valence-corrected chi connectivity index (χ0v) is 11.7.